The predicted molar refractivity (Wildman–Crippen MR) is 121 cm³/mol. The van der Waals surface area contributed by atoms with E-state index in [1.54, 1.807) is 19.1 Å². The van der Waals surface area contributed by atoms with E-state index in [1.807, 2.05) is 49.4 Å². The summed E-state index contributed by atoms with van der Waals surface area (Å²) < 4.78 is 10.9. The Balaban J connectivity index is 1.98. The van der Waals surface area contributed by atoms with E-state index < -0.39 is 6.04 Å². The lowest BCUT2D eigenvalue weighted by Crippen LogP contribution is -2.37. The molecule has 0 fully saturated rings. The monoisotopic (exact) mass is 420 g/mol. The van der Waals surface area contributed by atoms with Gasteiger partial charge in [-0.1, -0.05) is 25.1 Å². The second-order valence-corrected chi connectivity index (χ2v) is 7.84. The Hall–Kier alpha value is -3.28. The molecule has 0 aromatic heterocycles. The van der Waals surface area contributed by atoms with Gasteiger partial charge >= 0.3 is 0 Å². The van der Waals surface area contributed by atoms with Crippen LogP contribution >= 0.6 is 0 Å². The molecule has 1 heterocycles. The van der Waals surface area contributed by atoms with Gasteiger partial charge in [0.1, 0.15) is 0 Å². The maximum absolute atomic E-state index is 13.5. The molecule has 162 valence electrons. The van der Waals surface area contributed by atoms with E-state index in [9.17, 15) is 9.59 Å². The van der Waals surface area contributed by atoms with E-state index in [-0.39, 0.29) is 11.7 Å². The molecule has 0 unspecified atom stereocenters. The average Bonchev–Trinajstić information content (AvgIpc) is 2.93. The lowest BCUT2D eigenvalue weighted by molar-refractivity contribution is -0.119. The van der Waals surface area contributed by atoms with E-state index >= 15 is 0 Å². The van der Waals surface area contributed by atoms with Crippen LogP contribution in [0.15, 0.2) is 53.7 Å². The second-order valence-electron chi connectivity index (χ2n) is 7.84. The fourth-order valence-electron chi connectivity index (χ4n) is 4.48. The fraction of sp³-hybridized carbons (Fsp3) is 0.360. The van der Waals surface area contributed by atoms with Crippen molar-refractivity contribution in [2.45, 2.75) is 45.1 Å². The van der Waals surface area contributed by atoms with Gasteiger partial charge < -0.3 is 14.8 Å². The third-order valence-corrected chi connectivity index (χ3v) is 5.89. The van der Waals surface area contributed by atoms with Crippen LogP contribution in [-0.4, -0.2) is 25.9 Å². The molecule has 1 aliphatic carbocycles. The number of ether oxygens (including phenoxy) is 2. The highest BCUT2D eigenvalue weighted by molar-refractivity contribution is 6.06. The molecular weight excluding hydrogens is 392 g/mol. The molecular formula is C25H28N2O4. The zero-order chi connectivity index (χ0) is 22.0. The second kappa shape index (κ2) is 8.84. The Bertz CT molecular complexity index is 1040. The lowest BCUT2D eigenvalue weighted by atomic mass is 9.85. The zero-order valence-corrected chi connectivity index (χ0v) is 18.2. The Morgan fingerprint density at radius 2 is 1.87 bits per heavy atom. The van der Waals surface area contributed by atoms with E-state index in [0.29, 0.717) is 29.9 Å². The van der Waals surface area contributed by atoms with Crippen molar-refractivity contribution in [2.24, 2.45) is 0 Å². The quantitative estimate of drug-likeness (QED) is 0.736. The number of methoxy groups -OCH3 is 2. The number of hydrogen-bond acceptors (Lipinski definition) is 5. The molecule has 2 aromatic rings. The van der Waals surface area contributed by atoms with Gasteiger partial charge in [0.25, 0.3) is 0 Å². The Morgan fingerprint density at radius 3 is 2.61 bits per heavy atom. The number of carbonyl (C=O) groups is 2. The average molecular weight is 421 g/mol. The summed E-state index contributed by atoms with van der Waals surface area (Å²) in [6.45, 7) is 1.99. The Kier molecular flexibility index (Phi) is 5.98. The molecule has 0 saturated heterocycles. The summed E-state index contributed by atoms with van der Waals surface area (Å²) in [4.78, 5) is 28.5. The van der Waals surface area contributed by atoms with Gasteiger partial charge in [0.15, 0.2) is 17.3 Å². The van der Waals surface area contributed by atoms with Crippen molar-refractivity contribution in [1.82, 2.24) is 0 Å². The number of nitrogens with one attached hydrogen (secondary N) is 1. The van der Waals surface area contributed by atoms with Crippen LogP contribution in [0.5, 0.6) is 11.5 Å². The molecule has 6 heteroatoms. The number of Topliss-reactive ketones (excluding diaryl/α,β-unsaturated/α-hetero) is 1. The number of anilines is 2. The summed E-state index contributed by atoms with van der Waals surface area (Å²) in [5.74, 6) is 1.24. The van der Waals surface area contributed by atoms with Gasteiger partial charge in [0.2, 0.25) is 5.91 Å². The standard InChI is InChI=1S/C25H28N2O4/c1-4-8-23(29)27-19-11-6-5-9-17(19)26-18-10-7-12-20(28)24(18)25(27)16-13-14-21(30-2)22(15-16)31-3/h5-6,9,11,13-15,25-26H,4,7-8,10,12H2,1-3H3/t25-/m0/s1. The molecule has 1 aliphatic heterocycles. The third-order valence-electron chi connectivity index (χ3n) is 5.89. The summed E-state index contributed by atoms with van der Waals surface area (Å²) >= 11 is 0. The number of ketones is 1. The van der Waals surface area contributed by atoms with E-state index in [4.69, 9.17) is 9.47 Å². The minimum Gasteiger partial charge on any atom is -0.493 e. The summed E-state index contributed by atoms with van der Waals surface area (Å²) in [5, 5.41) is 3.48. The summed E-state index contributed by atoms with van der Waals surface area (Å²) in [5.41, 5.74) is 4.01. The van der Waals surface area contributed by atoms with Gasteiger partial charge in [0, 0.05) is 24.1 Å². The molecule has 0 saturated carbocycles. The van der Waals surface area contributed by atoms with Crippen LogP contribution in [0.25, 0.3) is 0 Å². The zero-order valence-electron chi connectivity index (χ0n) is 18.2. The number of amides is 1. The number of rotatable bonds is 5. The van der Waals surface area contributed by atoms with Gasteiger partial charge in [-0.2, -0.15) is 0 Å². The fourth-order valence-corrected chi connectivity index (χ4v) is 4.48. The molecule has 2 aromatic carbocycles. The van der Waals surface area contributed by atoms with Crippen LogP contribution in [0.4, 0.5) is 11.4 Å². The number of carbonyl (C=O) groups excluding carboxylic acids is 2. The lowest BCUT2D eigenvalue weighted by Gasteiger charge is -2.34. The van der Waals surface area contributed by atoms with Crippen molar-refractivity contribution >= 4 is 23.1 Å². The van der Waals surface area contributed by atoms with Crippen molar-refractivity contribution < 1.29 is 19.1 Å². The van der Waals surface area contributed by atoms with E-state index in [0.717, 1.165) is 41.9 Å². The number of fused-ring (bicyclic) bond motifs is 1. The summed E-state index contributed by atoms with van der Waals surface area (Å²) in [6.07, 6.45) is 3.18. The van der Waals surface area contributed by atoms with Crippen molar-refractivity contribution in [3.63, 3.8) is 0 Å². The molecule has 0 bridgehead atoms. The number of benzene rings is 2. The summed E-state index contributed by atoms with van der Waals surface area (Å²) in [7, 11) is 3.17. The highest BCUT2D eigenvalue weighted by Crippen LogP contribution is 2.46. The van der Waals surface area contributed by atoms with E-state index in [1.165, 1.54) is 0 Å². The molecule has 31 heavy (non-hydrogen) atoms. The normalized spacial score (nSPS) is 18.0. The van der Waals surface area contributed by atoms with Crippen molar-refractivity contribution in [2.75, 3.05) is 24.4 Å². The van der Waals surface area contributed by atoms with Crippen LogP contribution < -0.4 is 19.7 Å². The number of hydrogen-bond donors (Lipinski definition) is 1. The van der Waals surface area contributed by atoms with Crippen LogP contribution in [-0.2, 0) is 9.59 Å². The van der Waals surface area contributed by atoms with Crippen molar-refractivity contribution in [3.8, 4) is 11.5 Å². The third kappa shape index (κ3) is 3.78. The maximum atomic E-state index is 13.5. The number of nitrogens with zero attached hydrogens (tertiary/aromatic N) is 1. The SMILES string of the molecule is CCCC(=O)N1c2ccccc2NC2=C(C(=O)CCC2)[C@@H]1c1ccc(OC)c(OC)c1. The molecule has 0 spiro atoms. The molecule has 0 radical (unpaired) electrons. The van der Waals surface area contributed by atoms with Crippen LogP contribution in [0.3, 0.4) is 0 Å². The molecule has 4 rings (SSSR count). The minimum atomic E-state index is -0.530. The largest absolute Gasteiger partial charge is 0.493 e. The smallest absolute Gasteiger partial charge is 0.227 e. The molecule has 1 N–H and O–H groups in total. The van der Waals surface area contributed by atoms with Gasteiger partial charge in [0.05, 0.1) is 31.6 Å². The van der Waals surface area contributed by atoms with Crippen LogP contribution in [0.1, 0.15) is 50.6 Å². The van der Waals surface area contributed by atoms with Crippen LogP contribution in [0.2, 0.25) is 0 Å². The van der Waals surface area contributed by atoms with Gasteiger partial charge in [-0.05, 0) is 49.1 Å². The predicted octanol–water partition coefficient (Wildman–Crippen LogP) is 5.01. The molecule has 6 nitrogen and oxygen atoms in total. The Morgan fingerprint density at radius 1 is 1.10 bits per heavy atom. The first kappa shape index (κ1) is 21.0. The topological polar surface area (TPSA) is 67.9 Å². The molecule has 2 aliphatic rings. The summed E-state index contributed by atoms with van der Waals surface area (Å²) in [6, 6.07) is 12.8. The first-order valence-corrected chi connectivity index (χ1v) is 10.7. The first-order chi connectivity index (χ1) is 15.1. The molecule has 1 amide bonds. The number of para-hydroxylation sites is 2. The van der Waals surface area contributed by atoms with Gasteiger partial charge in [-0.15, -0.1) is 0 Å². The van der Waals surface area contributed by atoms with Crippen LogP contribution in [0, 0.1) is 0 Å². The van der Waals surface area contributed by atoms with E-state index in [2.05, 4.69) is 5.32 Å². The highest BCUT2D eigenvalue weighted by Gasteiger charge is 2.39. The van der Waals surface area contributed by atoms with Gasteiger partial charge in [-0.25, -0.2) is 0 Å². The maximum Gasteiger partial charge on any atom is 0.227 e. The minimum absolute atomic E-state index is 0.0105. The van der Waals surface area contributed by atoms with Gasteiger partial charge in [-0.3, -0.25) is 14.5 Å². The van der Waals surface area contributed by atoms with Crippen molar-refractivity contribution in [1.29, 1.82) is 0 Å². The first-order valence-electron chi connectivity index (χ1n) is 10.7. The highest BCUT2D eigenvalue weighted by atomic mass is 16.5. The molecule has 1 atom stereocenters. The number of allylic oxidation sites excluding steroid dienone is 1. The van der Waals surface area contributed by atoms with Crippen molar-refractivity contribution in [3.05, 3.63) is 59.3 Å². The Labute approximate surface area is 182 Å².